The van der Waals surface area contributed by atoms with E-state index in [4.69, 9.17) is 5.11 Å². The molecule has 2 heterocycles. The van der Waals surface area contributed by atoms with E-state index in [0.717, 1.165) is 23.5 Å². The number of likely N-dealkylation sites (tertiary alicyclic amines) is 1. The predicted molar refractivity (Wildman–Crippen MR) is 102 cm³/mol. The van der Waals surface area contributed by atoms with Gasteiger partial charge in [-0.3, -0.25) is 4.79 Å². The third kappa shape index (κ3) is 4.13. The van der Waals surface area contributed by atoms with Gasteiger partial charge < -0.3 is 20.3 Å². The third-order valence-corrected chi connectivity index (χ3v) is 5.00. The maximum atomic E-state index is 13.1. The summed E-state index contributed by atoms with van der Waals surface area (Å²) < 4.78 is 0. The second-order valence-corrected chi connectivity index (χ2v) is 7.57. The minimum Gasteiger partial charge on any atom is -0.465 e. The smallest absolute Gasteiger partial charge is 0.405 e. The van der Waals surface area contributed by atoms with Crippen LogP contribution in [0, 0.1) is 11.8 Å². The van der Waals surface area contributed by atoms with Gasteiger partial charge in [0.25, 0.3) is 0 Å². The van der Waals surface area contributed by atoms with Crippen LogP contribution in [0.25, 0.3) is 11.3 Å². The van der Waals surface area contributed by atoms with Crippen LogP contribution in [0.5, 0.6) is 0 Å². The normalized spacial score (nSPS) is 20.7. The summed E-state index contributed by atoms with van der Waals surface area (Å²) in [5.74, 6) is 0.729. The van der Waals surface area contributed by atoms with Crippen LogP contribution in [-0.2, 0) is 4.79 Å². The highest BCUT2D eigenvalue weighted by Gasteiger charge is 2.39. The Morgan fingerprint density at radius 3 is 2.63 bits per heavy atom. The number of imidazole rings is 1. The lowest BCUT2D eigenvalue weighted by Gasteiger charge is -2.29. The van der Waals surface area contributed by atoms with Crippen molar-refractivity contribution in [3.63, 3.8) is 0 Å². The van der Waals surface area contributed by atoms with Gasteiger partial charge in [-0.25, -0.2) is 9.78 Å². The molecule has 2 aromatic rings. The monoisotopic (exact) mass is 370 g/mol. The van der Waals surface area contributed by atoms with Crippen LogP contribution in [0.4, 0.5) is 4.79 Å². The van der Waals surface area contributed by atoms with Crippen molar-refractivity contribution < 1.29 is 14.7 Å². The Morgan fingerprint density at radius 1 is 1.30 bits per heavy atom. The number of carbonyl (C=O) groups excluding carboxylic acids is 1. The van der Waals surface area contributed by atoms with Gasteiger partial charge in [-0.1, -0.05) is 51.1 Å². The van der Waals surface area contributed by atoms with Crippen molar-refractivity contribution in [2.75, 3.05) is 6.54 Å². The fourth-order valence-corrected chi connectivity index (χ4v) is 3.64. The molecule has 0 aliphatic carbocycles. The predicted octanol–water partition coefficient (Wildman–Crippen LogP) is 3.28. The van der Waals surface area contributed by atoms with Gasteiger partial charge in [0.1, 0.15) is 11.9 Å². The number of aromatic amines is 1. The molecular formula is C20H26N4O3. The van der Waals surface area contributed by atoms with Crippen LogP contribution in [0.3, 0.4) is 0 Å². The van der Waals surface area contributed by atoms with Gasteiger partial charge >= 0.3 is 6.09 Å². The average Bonchev–Trinajstić information content (AvgIpc) is 3.26. The Kier molecular flexibility index (Phi) is 5.48. The summed E-state index contributed by atoms with van der Waals surface area (Å²) in [6.45, 7) is 6.37. The average molecular weight is 370 g/mol. The number of hydrogen-bond acceptors (Lipinski definition) is 3. The van der Waals surface area contributed by atoms with E-state index in [9.17, 15) is 9.59 Å². The summed E-state index contributed by atoms with van der Waals surface area (Å²) in [6, 6.07) is 8.95. The van der Waals surface area contributed by atoms with E-state index in [1.807, 2.05) is 44.2 Å². The van der Waals surface area contributed by atoms with E-state index in [1.165, 1.54) is 0 Å². The number of carboxylic acid groups (broad SMARTS) is 1. The number of nitrogens with zero attached hydrogens (tertiary/aromatic N) is 2. The maximum Gasteiger partial charge on any atom is 0.405 e. The van der Waals surface area contributed by atoms with E-state index >= 15 is 0 Å². The lowest BCUT2D eigenvalue weighted by molar-refractivity contribution is -0.135. The Morgan fingerprint density at radius 2 is 2.00 bits per heavy atom. The fraction of sp³-hybridized carbons (Fsp3) is 0.450. The zero-order valence-corrected chi connectivity index (χ0v) is 15.8. The molecule has 144 valence electrons. The zero-order chi connectivity index (χ0) is 19.6. The molecule has 27 heavy (non-hydrogen) atoms. The molecule has 2 amide bonds. The molecule has 1 aliphatic heterocycles. The summed E-state index contributed by atoms with van der Waals surface area (Å²) in [6.07, 6.45) is 1.40. The van der Waals surface area contributed by atoms with E-state index < -0.39 is 12.1 Å². The number of H-pyrrole nitrogens is 1. The molecule has 0 spiro atoms. The largest absolute Gasteiger partial charge is 0.465 e. The van der Waals surface area contributed by atoms with Crippen LogP contribution in [0.15, 0.2) is 36.5 Å². The molecule has 7 nitrogen and oxygen atoms in total. The Labute approximate surface area is 158 Å². The first kappa shape index (κ1) is 18.9. The molecule has 1 aromatic carbocycles. The lowest BCUT2D eigenvalue weighted by Crippen LogP contribution is -2.50. The Balaban J connectivity index is 1.85. The highest BCUT2D eigenvalue weighted by molar-refractivity contribution is 5.86. The summed E-state index contributed by atoms with van der Waals surface area (Å²) in [4.78, 5) is 33.8. The topological polar surface area (TPSA) is 98.3 Å². The number of amides is 2. The van der Waals surface area contributed by atoms with Gasteiger partial charge in [0.2, 0.25) is 5.91 Å². The molecule has 1 saturated heterocycles. The van der Waals surface area contributed by atoms with Crippen LogP contribution in [0.2, 0.25) is 0 Å². The number of rotatable bonds is 5. The highest BCUT2D eigenvalue weighted by Crippen LogP contribution is 2.35. The molecule has 0 saturated carbocycles. The fourth-order valence-electron chi connectivity index (χ4n) is 3.64. The molecular weight excluding hydrogens is 344 g/mol. The highest BCUT2D eigenvalue weighted by atomic mass is 16.4. The van der Waals surface area contributed by atoms with Crippen LogP contribution in [-0.4, -0.2) is 44.6 Å². The van der Waals surface area contributed by atoms with Crippen LogP contribution >= 0.6 is 0 Å². The Hall–Kier alpha value is -2.83. The van der Waals surface area contributed by atoms with Crippen molar-refractivity contribution in [2.45, 2.75) is 39.3 Å². The number of aromatic nitrogens is 2. The third-order valence-electron chi connectivity index (χ3n) is 5.00. The first-order valence-corrected chi connectivity index (χ1v) is 9.27. The second kappa shape index (κ2) is 7.82. The second-order valence-electron chi connectivity index (χ2n) is 7.57. The van der Waals surface area contributed by atoms with Crippen LogP contribution < -0.4 is 5.32 Å². The SMILES string of the molecule is CC1CC(c2ncc(-c3ccccc3)[nH]2)N(C(=O)[C@@H](NC(=O)O)C(C)C)C1. The minimum absolute atomic E-state index is 0.137. The molecule has 1 aromatic heterocycles. The molecule has 3 N–H and O–H groups in total. The molecule has 0 bridgehead atoms. The van der Waals surface area contributed by atoms with Crippen molar-refractivity contribution in [1.29, 1.82) is 0 Å². The van der Waals surface area contributed by atoms with Crippen molar-refractivity contribution in [2.24, 2.45) is 11.8 Å². The quantitative estimate of drug-likeness (QED) is 0.752. The van der Waals surface area contributed by atoms with Crippen molar-refractivity contribution in [3.8, 4) is 11.3 Å². The first-order valence-electron chi connectivity index (χ1n) is 9.27. The van der Waals surface area contributed by atoms with Crippen molar-refractivity contribution in [3.05, 3.63) is 42.4 Å². The van der Waals surface area contributed by atoms with E-state index in [-0.39, 0.29) is 17.9 Å². The maximum absolute atomic E-state index is 13.1. The summed E-state index contributed by atoms with van der Waals surface area (Å²) in [7, 11) is 0. The summed E-state index contributed by atoms with van der Waals surface area (Å²) >= 11 is 0. The first-order chi connectivity index (χ1) is 12.9. The number of carbonyl (C=O) groups is 2. The standard InChI is InChI=1S/C20H26N4O3/c1-12(2)17(23-20(26)27)19(25)24-11-13(3)9-16(24)18-21-10-15(22-18)14-7-5-4-6-8-14/h4-8,10,12-13,16-17,23H,9,11H2,1-3H3,(H,21,22)(H,26,27)/t13?,16?,17-/m0/s1. The number of benzene rings is 1. The molecule has 0 radical (unpaired) electrons. The van der Waals surface area contributed by atoms with Crippen molar-refractivity contribution >= 4 is 12.0 Å². The van der Waals surface area contributed by atoms with Gasteiger partial charge in [-0.15, -0.1) is 0 Å². The van der Waals surface area contributed by atoms with Crippen molar-refractivity contribution in [1.82, 2.24) is 20.2 Å². The van der Waals surface area contributed by atoms with Gasteiger partial charge in [0.05, 0.1) is 17.9 Å². The minimum atomic E-state index is -1.18. The number of hydrogen-bond donors (Lipinski definition) is 3. The molecule has 3 atom stereocenters. The van der Waals surface area contributed by atoms with Gasteiger partial charge in [0, 0.05) is 6.54 Å². The Bertz CT molecular complexity index is 803. The molecule has 3 rings (SSSR count). The number of nitrogens with one attached hydrogen (secondary N) is 2. The van der Waals surface area contributed by atoms with Crippen LogP contribution in [0.1, 0.15) is 39.1 Å². The van der Waals surface area contributed by atoms with E-state index in [0.29, 0.717) is 12.5 Å². The molecule has 2 unspecified atom stereocenters. The van der Waals surface area contributed by atoms with Gasteiger partial charge in [-0.2, -0.15) is 0 Å². The lowest BCUT2D eigenvalue weighted by atomic mass is 10.0. The zero-order valence-electron chi connectivity index (χ0n) is 15.8. The van der Waals surface area contributed by atoms with Gasteiger partial charge in [-0.05, 0) is 23.8 Å². The van der Waals surface area contributed by atoms with Gasteiger partial charge in [0.15, 0.2) is 0 Å². The summed E-state index contributed by atoms with van der Waals surface area (Å²) in [5, 5.41) is 11.5. The molecule has 1 aliphatic rings. The van der Waals surface area contributed by atoms with E-state index in [2.05, 4.69) is 22.2 Å². The molecule has 1 fully saturated rings. The van der Waals surface area contributed by atoms with E-state index in [1.54, 1.807) is 11.1 Å². The summed E-state index contributed by atoms with van der Waals surface area (Å²) in [5.41, 5.74) is 1.94. The molecule has 7 heteroatoms.